The molecule has 136 valence electrons. The van der Waals surface area contributed by atoms with Crippen LogP contribution < -0.4 is 0 Å². The van der Waals surface area contributed by atoms with Crippen LogP contribution in [0.5, 0.6) is 0 Å². The minimum Gasteiger partial charge on any atom is -0.465 e. The van der Waals surface area contributed by atoms with Crippen molar-refractivity contribution in [2.45, 2.75) is 60.3 Å². The minimum atomic E-state index is -1.27. The fraction of sp³-hybridized carbons (Fsp3) is 0.737. The summed E-state index contributed by atoms with van der Waals surface area (Å²) in [7, 11) is 0. The molecule has 1 saturated carbocycles. The molecule has 0 aliphatic heterocycles. The maximum absolute atomic E-state index is 12.4. The molecule has 24 heavy (non-hydrogen) atoms. The summed E-state index contributed by atoms with van der Waals surface area (Å²) in [5, 5.41) is 0. The summed E-state index contributed by atoms with van der Waals surface area (Å²) in [5.41, 5.74) is -1.70. The van der Waals surface area contributed by atoms with Crippen molar-refractivity contribution in [1.82, 2.24) is 0 Å². The summed E-state index contributed by atoms with van der Waals surface area (Å²) in [4.78, 5) is 36.8. The Bertz CT molecular complexity index is 486. The maximum Gasteiger partial charge on any atom is 0.324 e. The highest BCUT2D eigenvalue weighted by Crippen LogP contribution is 2.55. The van der Waals surface area contributed by atoms with Crippen molar-refractivity contribution in [3.05, 3.63) is 12.2 Å². The van der Waals surface area contributed by atoms with Crippen molar-refractivity contribution in [2.24, 2.45) is 16.7 Å². The van der Waals surface area contributed by atoms with E-state index < -0.39 is 22.8 Å². The molecule has 1 atom stereocenters. The molecular formula is C19H30O5. The zero-order chi connectivity index (χ0) is 18.4. The van der Waals surface area contributed by atoms with Gasteiger partial charge in [0.05, 0.1) is 13.2 Å². The summed E-state index contributed by atoms with van der Waals surface area (Å²) in [6, 6.07) is 0. The summed E-state index contributed by atoms with van der Waals surface area (Å²) in [5.74, 6) is -1.43. The lowest BCUT2D eigenvalue weighted by Crippen LogP contribution is -2.31. The fourth-order valence-corrected chi connectivity index (χ4v) is 2.76. The summed E-state index contributed by atoms with van der Waals surface area (Å²) >= 11 is 0. The highest BCUT2D eigenvalue weighted by molar-refractivity contribution is 6.04. The molecule has 0 heterocycles. The van der Waals surface area contributed by atoms with Crippen molar-refractivity contribution in [3.8, 4) is 0 Å². The Morgan fingerprint density at radius 3 is 2.08 bits per heavy atom. The van der Waals surface area contributed by atoms with Crippen LogP contribution in [0.1, 0.15) is 60.3 Å². The second-order valence-electron chi connectivity index (χ2n) is 6.93. The summed E-state index contributed by atoms with van der Waals surface area (Å²) in [6.07, 6.45) is 6.37. The predicted molar refractivity (Wildman–Crippen MR) is 91.3 cm³/mol. The lowest BCUT2D eigenvalue weighted by molar-refractivity contribution is -0.164. The van der Waals surface area contributed by atoms with Gasteiger partial charge in [0.25, 0.3) is 0 Å². The number of carbonyl (C=O) groups is 3. The molecule has 0 bridgehead atoms. The van der Waals surface area contributed by atoms with Crippen LogP contribution in [0.4, 0.5) is 0 Å². The number of unbranched alkanes of at least 4 members (excludes halogenated alkanes) is 1. The molecule has 0 spiro atoms. The van der Waals surface area contributed by atoms with Crippen LogP contribution in [0.3, 0.4) is 0 Å². The molecule has 5 nitrogen and oxygen atoms in total. The largest absolute Gasteiger partial charge is 0.465 e. The van der Waals surface area contributed by atoms with Gasteiger partial charge in [0.15, 0.2) is 11.2 Å². The molecule has 1 aliphatic carbocycles. The number of rotatable bonds is 10. The molecule has 0 aromatic rings. The third-order valence-corrected chi connectivity index (χ3v) is 4.60. The zero-order valence-electron chi connectivity index (χ0n) is 15.5. The summed E-state index contributed by atoms with van der Waals surface area (Å²) in [6.45, 7) is 9.75. The Morgan fingerprint density at radius 2 is 1.62 bits per heavy atom. The van der Waals surface area contributed by atoms with E-state index in [1.165, 1.54) is 6.08 Å². The van der Waals surface area contributed by atoms with Crippen LogP contribution in [0.2, 0.25) is 0 Å². The molecule has 1 aliphatic rings. The standard InChI is InChI=1S/C19H30O5/c1-6-9-12-18(4,5)15(20)11-10-14-13-19(14,16(21)23-7-2)17(22)24-8-3/h10-11,14H,6-9,12-13H2,1-5H3/b11-10+. The Kier molecular flexibility index (Phi) is 7.18. The first kappa shape index (κ1) is 20.4. The van der Waals surface area contributed by atoms with E-state index in [1.54, 1.807) is 19.9 Å². The van der Waals surface area contributed by atoms with Gasteiger partial charge >= 0.3 is 11.9 Å². The molecule has 0 N–H and O–H groups in total. The molecule has 0 aromatic carbocycles. The third kappa shape index (κ3) is 4.46. The normalized spacial score (nSPS) is 19.1. The Balaban J connectivity index is 2.82. The highest BCUT2D eigenvalue weighted by Gasteiger charge is 2.67. The average molecular weight is 338 g/mol. The molecule has 0 amide bonds. The highest BCUT2D eigenvalue weighted by atomic mass is 16.6. The summed E-state index contributed by atoms with van der Waals surface area (Å²) < 4.78 is 10.1. The molecule has 0 saturated heterocycles. The van der Waals surface area contributed by atoms with Gasteiger partial charge in [-0.1, -0.05) is 39.7 Å². The van der Waals surface area contributed by atoms with Crippen molar-refractivity contribution >= 4 is 17.7 Å². The number of carbonyl (C=O) groups excluding carboxylic acids is 3. The number of hydrogen-bond donors (Lipinski definition) is 0. The minimum absolute atomic E-state index is 0.0180. The van der Waals surface area contributed by atoms with E-state index in [0.717, 1.165) is 19.3 Å². The lowest BCUT2D eigenvalue weighted by Gasteiger charge is -2.20. The second kappa shape index (κ2) is 8.45. The molecular weight excluding hydrogens is 308 g/mol. The van der Waals surface area contributed by atoms with Crippen LogP contribution in [0, 0.1) is 16.7 Å². The van der Waals surface area contributed by atoms with Crippen LogP contribution in [0.15, 0.2) is 12.2 Å². The van der Waals surface area contributed by atoms with Gasteiger partial charge in [0, 0.05) is 11.3 Å². The fourth-order valence-electron chi connectivity index (χ4n) is 2.76. The Morgan fingerprint density at radius 1 is 1.08 bits per heavy atom. The van der Waals surface area contributed by atoms with Crippen molar-refractivity contribution < 1.29 is 23.9 Å². The van der Waals surface area contributed by atoms with Gasteiger partial charge in [0.1, 0.15) is 0 Å². The number of ketones is 1. The molecule has 0 radical (unpaired) electrons. The lowest BCUT2D eigenvalue weighted by atomic mass is 9.82. The van der Waals surface area contributed by atoms with Gasteiger partial charge in [-0.15, -0.1) is 0 Å². The maximum atomic E-state index is 12.4. The smallest absolute Gasteiger partial charge is 0.324 e. The van der Waals surface area contributed by atoms with E-state index in [9.17, 15) is 14.4 Å². The average Bonchev–Trinajstić information content (AvgIpc) is 3.27. The molecule has 1 rings (SSSR count). The molecule has 5 heteroatoms. The second-order valence-corrected chi connectivity index (χ2v) is 6.93. The van der Waals surface area contributed by atoms with Gasteiger partial charge < -0.3 is 9.47 Å². The van der Waals surface area contributed by atoms with E-state index in [2.05, 4.69) is 6.92 Å². The number of ether oxygens (including phenoxy) is 2. The van der Waals surface area contributed by atoms with Crippen LogP contribution >= 0.6 is 0 Å². The Labute approximate surface area is 144 Å². The predicted octanol–water partition coefficient (Wildman–Crippen LogP) is 3.46. The first-order chi connectivity index (χ1) is 11.3. The van der Waals surface area contributed by atoms with E-state index in [0.29, 0.717) is 6.42 Å². The van der Waals surface area contributed by atoms with Crippen molar-refractivity contribution in [2.75, 3.05) is 13.2 Å². The molecule has 1 fully saturated rings. The van der Waals surface area contributed by atoms with E-state index in [4.69, 9.17) is 9.47 Å². The Hall–Kier alpha value is -1.65. The number of hydrogen-bond acceptors (Lipinski definition) is 5. The van der Waals surface area contributed by atoms with Crippen LogP contribution in [-0.4, -0.2) is 30.9 Å². The first-order valence-corrected chi connectivity index (χ1v) is 8.83. The van der Waals surface area contributed by atoms with Crippen LogP contribution in [0.25, 0.3) is 0 Å². The van der Waals surface area contributed by atoms with Gasteiger partial charge in [-0.2, -0.15) is 0 Å². The van der Waals surface area contributed by atoms with E-state index in [1.807, 2.05) is 13.8 Å². The van der Waals surface area contributed by atoms with Crippen LogP contribution in [-0.2, 0) is 23.9 Å². The SMILES string of the molecule is CCCCC(C)(C)C(=O)/C=C/C1CC1(C(=O)OCC)C(=O)OCC. The van der Waals surface area contributed by atoms with Gasteiger partial charge in [0.2, 0.25) is 0 Å². The van der Waals surface area contributed by atoms with Crippen molar-refractivity contribution in [1.29, 1.82) is 0 Å². The molecule has 1 unspecified atom stereocenters. The van der Waals surface area contributed by atoms with Crippen molar-refractivity contribution in [3.63, 3.8) is 0 Å². The van der Waals surface area contributed by atoms with Gasteiger partial charge in [-0.3, -0.25) is 14.4 Å². The van der Waals surface area contributed by atoms with Gasteiger partial charge in [-0.25, -0.2) is 0 Å². The number of esters is 2. The zero-order valence-corrected chi connectivity index (χ0v) is 15.5. The van der Waals surface area contributed by atoms with E-state index >= 15 is 0 Å². The first-order valence-electron chi connectivity index (χ1n) is 8.83. The van der Waals surface area contributed by atoms with Gasteiger partial charge in [-0.05, 0) is 32.8 Å². The van der Waals surface area contributed by atoms with E-state index in [-0.39, 0.29) is 24.9 Å². The molecule has 0 aromatic heterocycles. The third-order valence-electron chi connectivity index (χ3n) is 4.60. The quantitative estimate of drug-likeness (QED) is 0.346. The monoisotopic (exact) mass is 338 g/mol. The number of allylic oxidation sites excluding steroid dienone is 2. The topological polar surface area (TPSA) is 69.7 Å².